The van der Waals surface area contributed by atoms with Gasteiger partial charge in [-0.2, -0.15) is 0 Å². The first-order valence-electron chi connectivity index (χ1n) is 4.89. The third-order valence-electron chi connectivity index (χ3n) is 2.10. The molecule has 0 unspecified atom stereocenters. The predicted molar refractivity (Wildman–Crippen MR) is 61.0 cm³/mol. The molecule has 0 atom stereocenters. The average molecular weight is 223 g/mol. The zero-order valence-electron chi connectivity index (χ0n) is 9.25. The van der Waals surface area contributed by atoms with Gasteiger partial charge in [0.2, 0.25) is 0 Å². The first-order chi connectivity index (χ1) is 7.49. The van der Waals surface area contributed by atoms with Crippen LogP contribution < -0.4 is 5.32 Å². The van der Waals surface area contributed by atoms with E-state index in [1.54, 1.807) is 26.0 Å². The Labute approximate surface area is 93.6 Å². The molecule has 0 aliphatic rings. The standard InChI is InChI=1S/C12H14FNO2/c1-8(5-12(15)16)7-14-10-3-4-11(13)9(2)6-10/h3-6,14H,7H2,1-2H3,(H,15,16)/b8-5-. The molecule has 86 valence electrons. The summed E-state index contributed by atoms with van der Waals surface area (Å²) in [5, 5.41) is 11.5. The molecule has 3 nitrogen and oxygen atoms in total. The maximum absolute atomic E-state index is 13.0. The number of nitrogens with one attached hydrogen (secondary N) is 1. The molecule has 0 spiro atoms. The Balaban J connectivity index is 2.61. The molecule has 0 radical (unpaired) electrons. The van der Waals surface area contributed by atoms with E-state index in [0.717, 1.165) is 11.8 Å². The van der Waals surface area contributed by atoms with E-state index in [2.05, 4.69) is 5.32 Å². The van der Waals surface area contributed by atoms with Crippen molar-refractivity contribution in [3.8, 4) is 0 Å². The van der Waals surface area contributed by atoms with Crippen molar-refractivity contribution in [1.82, 2.24) is 0 Å². The number of hydrogen-bond donors (Lipinski definition) is 2. The fraction of sp³-hybridized carbons (Fsp3) is 0.250. The van der Waals surface area contributed by atoms with Crippen LogP contribution in [-0.2, 0) is 4.79 Å². The van der Waals surface area contributed by atoms with E-state index >= 15 is 0 Å². The largest absolute Gasteiger partial charge is 0.478 e. The minimum absolute atomic E-state index is 0.247. The summed E-state index contributed by atoms with van der Waals surface area (Å²) in [5.74, 6) is -1.21. The van der Waals surface area contributed by atoms with Crippen molar-refractivity contribution >= 4 is 11.7 Å². The summed E-state index contributed by atoms with van der Waals surface area (Å²) in [7, 11) is 0. The van der Waals surface area contributed by atoms with Crippen molar-refractivity contribution in [2.24, 2.45) is 0 Å². The highest BCUT2D eigenvalue weighted by Gasteiger charge is 1.99. The number of anilines is 1. The Bertz CT molecular complexity index is 427. The van der Waals surface area contributed by atoms with Crippen LogP contribution in [0.3, 0.4) is 0 Å². The van der Waals surface area contributed by atoms with Crippen LogP contribution >= 0.6 is 0 Å². The quantitative estimate of drug-likeness (QED) is 0.771. The summed E-state index contributed by atoms with van der Waals surface area (Å²) < 4.78 is 13.0. The number of halogens is 1. The molecule has 0 heterocycles. The van der Waals surface area contributed by atoms with Gasteiger partial charge in [0.25, 0.3) is 0 Å². The highest BCUT2D eigenvalue weighted by Crippen LogP contribution is 2.13. The Morgan fingerprint density at radius 2 is 2.25 bits per heavy atom. The molecule has 1 rings (SSSR count). The van der Waals surface area contributed by atoms with Gasteiger partial charge in [-0.15, -0.1) is 0 Å². The highest BCUT2D eigenvalue weighted by molar-refractivity contribution is 5.80. The van der Waals surface area contributed by atoms with E-state index < -0.39 is 5.97 Å². The molecule has 0 saturated heterocycles. The minimum Gasteiger partial charge on any atom is -0.478 e. The second kappa shape index (κ2) is 5.30. The molecule has 16 heavy (non-hydrogen) atoms. The van der Waals surface area contributed by atoms with Gasteiger partial charge in [0.05, 0.1) is 0 Å². The predicted octanol–water partition coefficient (Wildman–Crippen LogP) is 2.58. The van der Waals surface area contributed by atoms with Crippen LogP contribution in [0.5, 0.6) is 0 Å². The van der Waals surface area contributed by atoms with Crippen LogP contribution in [0.4, 0.5) is 10.1 Å². The lowest BCUT2D eigenvalue weighted by Crippen LogP contribution is -2.04. The van der Waals surface area contributed by atoms with Gasteiger partial charge in [0, 0.05) is 18.3 Å². The van der Waals surface area contributed by atoms with Gasteiger partial charge >= 0.3 is 5.97 Å². The molecular formula is C12H14FNO2. The van der Waals surface area contributed by atoms with Crippen molar-refractivity contribution in [2.75, 3.05) is 11.9 Å². The molecule has 4 heteroatoms. The SMILES string of the molecule is C/C(=C/C(=O)O)CNc1ccc(F)c(C)c1. The lowest BCUT2D eigenvalue weighted by molar-refractivity contribution is -0.131. The van der Waals surface area contributed by atoms with Crippen LogP contribution in [0.25, 0.3) is 0 Å². The number of carbonyl (C=O) groups is 1. The number of aliphatic carboxylic acids is 1. The number of carboxylic acids is 1. The number of benzene rings is 1. The lowest BCUT2D eigenvalue weighted by Gasteiger charge is -2.07. The first-order valence-corrected chi connectivity index (χ1v) is 4.89. The van der Waals surface area contributed by atoms with E-state index in [0.29, 0.717) is 17.7 Å². The second-order valence-corrected chi connectivity index (χ2v) is 3.65. The van der Waals surface area contributed by atoms with Gasteiger partial charge in [-0.05, 0) is 43.2 Å². The van der Waals surface area contributed by atoms with Crippen LogP contribution in [0.1, 0.15) is 12.5 Å². The fourth-order valence-electron chi connectivity index (χ4n) is 1.26. The zero-order valence-corrected chi connectivity index (χ0v) is 9.25. The molecule has 0 aliphatic carbocycles. The Morgan fingerprint density at radius 1 is 1.56 bits per heavy atom. The maximum Gasteiger partial charge on any atom is 0.328 e. The van der Waals surface area contributed by atoms with Crippen molar-refractivity contribution in [3.63, 3.8) is 0 Å². The monoisotopic (exact) mass is 223 g/mol. The molecule has 0 aromatic heterocycles. The molecule has 1 aromatic carbocycles. The maximum atomic E-state index is 13.0. The molecule has 0 fully saturated rings. The number of hydrogen-bond acceptors (Lipinski definition) is 2. The summed E-state index contributed by atoms with van der Waals surface area (Å²) in [6.45, 7) is 3.83. The summed E-state index contributed by atoms with van der Waals surface area (Å²) in [5.41, 5.74) is 2.04. The van der Waals surface area contributed by atoms with E-state index in [1.807, 2.05) is 0 Å². The van der Waals surface area contributed by atoms with Crippen molar-refractivity contribution in [2.45, 2.75) is 13.8 Å². The van der Waals surface area contributed by atoms with Crippen molar-refractivity contribution in [1.29, 1.82) is 0 Å². The van der Waals surface area contributed by atoms with Gasteiger partial charge < -0.3 is 10.4 Å². The van der Waals surface area contributed by atoms with Crippen LogP contribution in [0.15, 0.2) is 29.8 Å². The van der Waals surface area contributed by atoms with E-state index in [-0.39, 0.29) is 5.82 Å². The summed E-state index contributed by atoms with van der Waals surface area (Å²) >= 11 is 0. The number of aryl methyl sites for hydroxylation is 1. The van der Waals surface area contributed by atoms with E-state index in [4.69, 9.17) is 5.11 Å². The molecule has 0 bridgehead atoms. The zero-order chi connectivity index (χ0) is 12.1. The third-order valence-corrected chi connectivity index (χ3v) is 2.10. The lowest BCUT2D eigenvalue weighted by atomic mass is 10.2. The van der Waals surface area contributed by atoms with E-state index in [1.165, 1.54) is 6.07 Å². The smallest absolute Gasteiger partial charge is 0.328 e. The fourth-order valence-corrected chi connectivity index (χ4v) is 1.26. The molecular weight excluding hydrogens is 209 g/mol. The Hall–Kier alpha value is -1.84. The Kier molecular flexibility index (Phi) is 4.05. The second-order valence-electron chi connectivity index (χ2n) is 3.65. The van der Waals surface area contributed by atoms with Gasteiger partial charge in [0.1, 0.15) is 5.82 Å². The molecule has 1 aromatic rings. The van der Waals surface area contributed by atoms with E-state index in [9.17, 15) is 9.18 Å². The first kappa shape index (κ1) is 12.2. The van der Waals surface area contributed by atoms with Gasteiger partial charge in [0.15, 0.2) is 0 Å². The van der Waals surface area contributed by atoms with Gasteiger partial charge in [-0.25, -0.2) is 9.18 Å². The Morgan fingerprint density at radius 3 is 2.81 bits per heavy atom. The normalized spacial score (nSPS) is 11.3. The third kappa shape index (κ3) is 3.73. The van der Waals surface area contributed by atoms with Gasteiger partial charge in [-0.1, -0.05) is 0 Å². The topological polar surface area (TPSA) is 49.3 Å². The molecule has 0 amide bonds. The number of carboxylic acid groups (broad SMARTS) is 1. The van der Waals surface area contributed by atoms with Crippen LogP contribution in [-0.4, -0.2) is 17.6 Å². The van der Waals surface area contributed by atoms with Crippen LogP contribution in [0, 0.1) is 12.7 Å². The number of rotatable bonds is 4. The minimum atomic E-state index is -0.963. The average Bonchev–Trinajstić information content (AvgIpc) is 2.19. The summed E-state index contributed by atoms with van der Waals surface area (Å²) in [6, 6.07) is 4.69. The van der Waals surface area contributed by atoms with Crippen LogP contribution in [0.2, 0.25) is 0 Å². The summed E-state index contributed by atoms with van der Waals surface area (Å²) in [4.78, 5) is 10.4. The van der Waals surface area contributed by atoms with Crippen molar-refractivity contribution < 1.29 is 14.3 Å². The summed E-state index contributed by atoms with van der Waals surface area (Å²) in [6.07, 6.45) is 1.14. The molecule has 0 aliphatic heterocycles. The van der Waals surface area contributed by atoms with Gasteiger partial charge in [-0.3, -0.25) is 0 Å². The highest BCUT2D eigenvalue weighted by atomic mass is 19.1. The van der Waals surface area contributed by atoms with Crippen molar-refractivity contribution in [3.05, 3.63) is 41.2 Å². The molecule has 2 N–H and O–H groups in total. The molecule has 0 saturated carbocycles.